The molecule has 4 nitrogen and oxygen atoms in total. The van der Waals surface area contributed by atoms with E-state index >= 15 is 0 Å². The van der Waals surface area contributed by atoms with Crippen molar-refractivity contribution in [2.45, 2.75) is 50.4 Å². The molecule has 2 amide bonds. The number of carbonyl (C=O) groups excluding carboxylic acids is 1. The Hall–Kier alpha value is -1.76. The molecule has 0 aliphatic heterocycles. The minimum absolute atomic E-state index is 0.0295. The van der Waals surface area contributed by atoms with Crippen molar-refractivity contribution < 1.29 is 23.1 Å². The van der Waals surface area contributed by atoms with Crippen LogP contribution in [0.25, 0.3) is 0 Å². The van der Waals surface area contributed by atoms with E-state index in [1.807, 2.05) is 6.07 Å². The van der Waals surface area contributed by atoms with E-state index in [1.165, 1.54) is 0 Å². The first-order chi connectivity index (χ1) is 11.2. The van der Waals surface area contributed by atoms with Crippen molar-refractivity contribution in [1.82, 2.24) is 10.6 Å². The van der Waals surface area contributed by atoms with E-state index in [0.717, 1.165) is 0 Å². The topological polar surface area (TPSA) is 61.4 Å². The van der Waals surface area contributed by atoms with Gasteiger partial charge in [0.25, 0.3) is 0 Å². The average molecular weight is 344 g/mol. The Labute approximate surface area is 139 Å². The maximum atomic E-state index is 12.8. The van der Waals surface area contributed by atoms with Crippen molar-refractivity contribution in [3.05, 3.63) is 35.9 Å². The van der Waals surface area contributed by atoms with Crippen LogP contribution in [0.5, 0.6) is 0 Å². The molecular weight excluding hydrogens is 321 g/mol. The smallest absolute Gasteiger partial charge is 0.384 e. The van der Waals surface area contributed by atoms with Gasteiger partial charge >= 0.3 is 12.2 Å². The summed E-state index contributed by atoms with van der Waals surface area (Å²) in [6, 6.07) is 7.82. The van der Waals surface area contributed by atoms with Crippen molar-refractivity contribution in [3.8, 4) is 0 Å². The monoisotopic (exact) mass is 344 g/mol. The number of hydrogen-bond donors (Lipinski definition) is 3. The van der Waals surface area contributed by atoms with Crippen LogP contribution in [0.1, 0.15) is 38.2 Å². The fourth-order valence-corrected chi connectivity index (χ4v) is 3.01. The predicted molar refractivity (Wildman–Crippen MR) is 84.3 cm³/mol. The Morgan fingerprint density at radius 2 is 1.92 bits per heavy atom. The standard InChI is InChI=1S/C17H23F3N2O2/c1-16(24,12-6-3-2-4-7-12)11-21-15(23)22-14-9-5-8-13(10-14)17(18,19)20/h2-4,6-7,13-14,24H,5,8-11H2,1H3,(H2,21,22,23)/t13-,14+,16+/m1/s1. The van der Waals surface area contributed by atoms with Crippen molar-refractivity contribution in [1.29, 1.82) is 0 Å². The summed E-state index contributed by atoms with van der Waals surface area (Å²) in [5.74, 6) is -1.36. The maximum absolute atomic E-state index is 12.8. The highest BCUT2D eigenvalue weighted by Gasteiger charge is 2.42. The molecule has 134 valence electrons. The Kier molecular flexibility index (Phi) is 5.74. The molecule has 1 aliphatic rings. The zero-order chi connectivity index (χ0) is 17.8. The second kappa shape index (κ2) is 7.42. The highest BCUT2D eigenvalue weighted by molar-refractivity contribution is 5.74. The van der Waals surface area contributed by atoms with Crippen LogP contribution in [-0.2, 0) is 5.60 Å². The lowest BCUT2D eigenvalue weighted by molar-refractivity contribution is -0.183. The number of rotatable bonds is 4. The molecule has 0 heterocycles. The molecule has 24 heavy (non-hydrogen) atoms. The second-order valence-corrected chi connectivity index (χ2v) is 6.57. The zero-order valence-electron chi connectivity index (χ0n) is 13.6. The van der Waals surface area contributed by atoms with Gasteiger partial charge in [0, 0.05) is 6.04 Å². The third kappa shape index (κ3) is 5.12. The van der Waals surface area contributed by atoms with E-state index in [2.05, 4.69) is 10.6 Å². The summed E-state index contributed by atoms with van der Waals surface area (Å²) >= 11 is 0. The summed E-state index contributed by atoms with van der Waals surface area (Å²) in [6.45, 7) is 1.54. The van der Waals surface area contributed by atoms with Gasteiger partial charge in [0.2, 0.25) is 0 Å². The summed E-state index contributed by atoms with van der Waals surface area (Å²) in [6.07, 6.45) is -3.21. The van der Waals surface area contributed by atoms with Crippen LogP contribution in [0.4, 0.5) is 18.0 Å². The van der Waals surface area contributed by atoms with Gasteiger partial charge < -0.3 is 15.7 Å². The Bertz CT molecular complexity index is 547. The lowest BCUT2D eigenvalue weighted by Gasteiger charge is -2.31. The van der Waals surface area contributed by atoms with Crippen LogP contribution in [0.15, 0.2) is 30.3 Å². The first kappa shape index (κ1) is 18.6. The van der Waals surface area contributed by atoms with Crippen molar-refractivity contribution in [2.75, 3.05) is 6.54 Å². The zero-order valence-corrected chi connectivity index (χ0v) is 13.6. The van der Waals surface area contributed by atoms with Crippen LogP contribution >= 0.6 is 0 Å². The summed E-state index contributed by atoms with van der Waals surface area (Å²) in [7, 11) is 0. The summed E-state index contributed by atoms with van der Waals surface area (Å²) in [5, 5.41) is 15.5. The number of nitrogens with one attached hydrogen (secondary N) is 2. The van der Waals surface area contributed by atoms with Gasteiger partial charge in [-0.15, -0.1) is 0 Å². The molecule has 1 aromatic carbocycles. The van der Waals surface area contributed by atoms with Crippen LogP contribution in [0.3, 0.4) is 0 Å². The maximum Gasteiger partial charge on any atom is 0.391 e. The van der Waals surface area contributed by atoms with Gasteiger partial charge in [-0.3, -0.25) is 0 Å². The summed E-state index contributed by atoms with van der Waals surface area (Å²) in [5.41, 5.74) is -0.597. The Morgan fingerprint density at radius 1 is 1.25 bits per heavy atom. The summed E-state index contributed by atoms with van der Waals surface area (Å²) < 4.78 is 38.3. The third-order valence-electron chi connectivity index (χ3n) is 4.46. The number of hydrogen-bond acceptors (Lipinski definition) is 2. The van der Waals surface area contributed by atoms with Crippen LogP contribution in [0, 0.1) is 5.92 Å². The number of halogens is 3. The van der Waals surface area contributed by atoms with Gasteiger partial charge in [0.1, 0.15) is 5.60 Å². The van der Waals surface area contributed by atoms with Gasteiger partial charge in [-0.05, 0) is 31.7 Å². The van der Waals surface area contributed by atoms with Crippen LogP contribution < -0.4 is 10.6 Å². The van der Waals surface area contributed by atoms with Crippen LogP contribution in [0.2, 0.25) is 0 Å². The molecule has 1 aromatic rings. The van der Waals surface area contributed by atoms with E-state index in [1.54, 1.807) is 31.2 Å². The minimum Gasteiger partial charge on any atom is -0.384 e. The molecule has 2 rings (SSSR count). The molecule has 0 aromatic heterocycles. The molecule has 7 heteroatoms. The fraction of sp³-hybridized carbons (Fsp3) is 0.588. The van der Waals surface area contributed by atoms with E-state index in [0.29, 0.717) is 18.4 Å². The lowest BCUT2D eigenvalue weighted by atomic mass is 9.85. The first-order valence-electron chi connectivity index (χ1n) is 8.07. The molecule has 1 saturated carbocycles. The molecule has 0 bridgehead atoms. The van der Waals surface area contributed by atoms with Gasteiger partial charge in [0.15, 0.2) is 0 Å². The Morgan fingerprint density at radius 3 is 2.54 bits per heavy atom. The van der Waals surface area contributed by atoms with Gasteiger partial charge in [-0.25, -0.2) is 4.79 Å². The molecule has 1 fully saturated rings. The Balaban J connectivity index is 1.83. The highest BCUT2D eigenvalue weighted by atomic mass is 19.4. The van der Waals surface area contributed by atoms with Crippen molar-refractivity contribution >= 4 is 6.03 Å². The number of benzene rings is 1. The van der Waals surface area contributed by atoms with Crippen molar-refractivity contribution in [3.63, 3.8) is 0 Å². The lowest BCUT2D eigenvalue weighted by Crippen LogP contribution is -2.48. The largest absolute Gasteiger partial charge is 0.391 e. The average Bonchev–Trinajstić information content (AvgIpc) is 2.53. The molecule has 0 saturated heterocycles. The molecular formula is C17H23F3N2O2. The number of amides is 2. The molecule has 1 aliphatic carbocycles. The first-order valence-corrected chi connectivity index (χ1v) is 8.07. The van der Waals surface area contributed by atoms with E-state index in [9.17, 15) is 23.1 Å². The fourth-order valence-electron chi connectivity index (χ4n) is 3.01. The minimum atomic E-state index is -4.21. The highest BCUT2D eigenvalue weighted by Crippen LogP contribution is 2.37. The molecule has 3 N–H and O–H groups in total. The SMILES string of the molecule is C[C@](O)(CNC(=O)N[C@H]1CCC[C@@H](C(F)(F)F)C1)c1ccccc1. The van der Waals surface area contributed by atoms with Gasteiger partial charge in [0.05, 0.1) is 12.5 Å². The van der Waals surface area contributed by atoms with Gasteiger partial charge in [-0.2, -0.15) is 13.2 Å². The van der Waals surface area contributed by atoms with E-state index in [-0.39, 0.29) is 19.4 Å². The molecule has 0 spiro atoms. The summed E-state index contributed by atoms with van der Waals surface area (Å²) in [4.78, 5) is 11.9. The molecule has 0 radical (unpaired) electrons. The normalized spacial score (nSPS) is 24.0. The molecule has 0 unspecified atom stereocenters. The second-order valence-electron chi connectivity index (χ2n) is 6.57. The van der Waals surface area contributed by atoms with E-state index in [4.69, 9.17) is 0 Å². The predicted octanol–water partition coefficient (Wildman–Crippen LogP) is 3.31. The van der Waals surface area contributed by atoms with Gasteiger partial charge in [-0.1, -0.05) is 36.8 Å². The molecule has 3 atom stereocenters. The number of aliphatic hydroxyl groups is 1. The van der Waals surface area contributed by atoms with Crippen molar-refractivity contribution in [2.24, 2.45) is 5.92 Å². The van der Waals surface area contributed by atoms with E-state index < -0.39 is 29.8 Å². The number of urea groups is 1. The number of carbonyl (C=O) groups is 1. The number of alkyl halides is 3. The quantitative estimate of drug-likeness (QED) is 0.785. The van der Waals surface area contributed by atoms with Crippen LogP contribution in [-0.4, -0.2) is 29.9 Å². The third-order valence-corrected chi connectivity index (χ3v) is 4.46.